The molecule has 0 saturated carbocycles. The van der Waals surface area contributed by atoms with Crippen LogP contribution in [-0.4, -0.2) is 47.4 Å². The summed E-state index contributed by atoms with van der Waals surface area (Å²) < 4.78 is 0. The fraction of sp³-hybridized carbons (Fsp3) is 0.786. The molecule has 0 radical (unpaired) electrons. The molecule has 2 rings (SSSR count). The number of rotatable bonds is 2. The van der Waals surface area contributed by atoms with Crippen LogP contribution in [0.15, 0.2) is 11.6 Å². The topological polar surface area (TPSA) is 50.5 Å². The Balaban J connectivity index is 1.87. The number of hydrogen-bond donors (Lipinski definition) is 1. The van der Waals surface area contributed by atoms with E-state index in [-0.39, 0.29) is 11.3 Å². The molecule has 2 aliphatic rings. The molecule has 0 bridgehead atoms. The summed E-state index contributed by atoms with van der Waals surface area (Å²) in [4.78, 5) is 4.03. The highest BCUT2D eigenvalue weighted by atomic mass is 16.3. The Labute approximate surface area is 109 Å². The number of hydrogen-bond acceptors (Lipinski definition) is 4. The van der Waals surface area contributed by atoms with E-state index in [0.29, 0.717) is 13.1 Å². The van der Waals surface area contributed by atoms with Gasteiger partial charge in [-0.1, -0.05) is 32.4 Å². The van der Waals surface area contributed by atoms with Gasteiger partial charge in [0.2, 0.25) is 0 Å². The summed E-state index contributed by atoms with van der Waals surface area (Å²) in [6.45, 7) is 9.81. The minimum atomic E-state index is -0.521. The van der Waals surface area contributed by atoms with Crippen molar-refractivity contribution >= 4 is 0 Å². The van der Waals surface area contributed by atoms with Gasteiger partial charge in [0.05, 0.1) is 12.0 Å². The van der Waals surface area contributed by atoms with Crippen LogP contribution in [0.5, 0.6) is 0 Å². The average Bonchev–Trinajstić information content (AvgIpc) is 2.26. The predicted molar refractivity (Wildman–Crippen MR) is 70.4 cm³/mol. The van der Waals surface area contributed by atoms with Crippen molar-refractivity contribution in [3.8, 4) is 6.07 Å². The largest absolute Gasteiger partial charge is 0.365 e. The normalized spacial score (nSPS) is 25.2. The molecule has 0 aliphatic carbocycles. The van der Waals surface area contributed by atoms with Crippen LogP contribution in [-0.2, 0) is 0 Å². The average molecular weight is 249 g/mol. The van der Waals surface area contributed by atoms with Crippen LogP contribution in [0.3, 0.4) is 0 Å². The summed E-state index contributed by atoms with van der Waals surface area (Å²) in [5.74, 6) is 0.102. The van der Waals surface area contributed by atoms with Gasteiger partial charge in [-0.15, -0.1) is 0 Å². The first kappa shape index (κ1) is 13.5. The molecule has 1 N–H and O–H groups in total. The lowest BCUT2D eigenvalue weighted by atomic mass is 9.83. The molecule has 0 aromatic rings. The summed E-state index contributed by atoms with van der Waals surface area (Å²) in [5, 5.41) is 18.9. The zero-order valence-corrected chi connectivity index (χ0v) is 11.6. The second-order valence-corrected chi connectivity index (χ2v) is 6.35. The van der Waals surface area contributed by atoms with E-state index in [9.17, 15) is 5.11 Å². The first-order chi connectivity index (χ1) is 8.41. The lowest BCUT2D eigenvalue weighted by Crippen LogP contribution is -2.58. The molecule has 18 heavy (non-hydrogen) atoms. The van der Waals surface area contributed by atoms with Crippen molar-refractivity contribution in [1.29, 1.82) is 5.26 Å². The summed E-state index contributed by atoms with van der Waals surface area (Å²) >= 11 is 0. The van der Waals surface area contributed by atoms with Crippen molar-refractivity contribution in [2.45, 2.75) is 33.5 Å². The quantitative estimate of drug-likeness (QED) is 0.752. The maximum atomic E-state index is 10.2. The van der Waals surface area contributed by atoms with Crippen molar-refractivity contribution in [2.24, 2.45) is 11.3 Å². The van der Waals surface area contributed by atoms with Crippen molar-refractivity contribution < 1.29 is 5.11 Å². The summed E-state index contributed by atoms with van der Waals surface area (Å²) in [7, 11) is 0. The third kappa shape index (κ3) is 2.74. The van der Waals surface area contributed by atoms with Crippen LogP contribution in [0.1, 0.15) is 27.2 Å². The monoisotopic (exact) mass is 249 g/mol. The lowest BCUT2D eigenvalue weighted by molar-refractivity contribution is -0.143. The third-order valence-electron chi connectivity index (χ3n) is 3.95. The molecule has 0 aromatic carbocycles. The molecule has 0 spiro atoms. The van der Waals surface area contributed by atoms with E-state index in [1.807, 2.05) is 4.90 Å². The van der Waals surface area contributed by atoms with Gasteiger partial charge in [0.25, 0.3) is 0 Å². The molecule has 0 amide bonds. The number of nitriles is 1. The highest BCUT2D eigenvalue weighted by molar-refractivity contribution is 5.14. The van der Waals surface area contributed by atoms with Crippen LogP contribution in [0.25, 0.3) is 0 Å². The summed E-state index contributed by atoms with van der Waals surface area (Å²) in [6, 6.07) is 2.23. The second kappa shape index (κ2) is 5.00. The lowest BCUT2D eigenvalue weighted by Gasteiger charge is -2.44. The second-order valence-electron chi connectivity index (χ2n) is 6.35. The molecule has 2 heterocycles. The van der Waals surface area contributed by atoms with Crippen LogP contribution in [0.4, 0.5) is 0 Å². The Morgan fingerprint density at radius 3 is 2.50 bits per heavy atom. The highest BCUT2D eigenvalue weighted by Gasteiger charge is 2.35. The molecule has 4 nitrogen and oxygen atoms in total. The van der Waals surface area contributed by atoms with Crippen LogP contribution >= 0.6 is 0 Å². The Kier molecular flexibility index (Phi) is 3.76. The maximum absolute atomic E-state index is 10.2. The standard InChI is InChI=1S/C14H23N3O/c1-14(2,3)12-4-6-16(7-5-12)13(18)17-9-11(8-15)10-17/h4,11,13,18H,5-7,9-10H2,1-3H3. The molecule has 1 unspecified atom stereocenters. The van der Waals surface area contributed by atoms with E-state index in [1.165, 1.54) is 5.57 Å². The Bertz CT molecular complexity index is 371. The number of aliphatic hydroxyl groups is 1. The Morgan fingerprint density at radius 2 is 2.06 bits per heavy atom. The molecule has 1 atom stereocenters. The molecule has 1 fully saturated rings. The van der Waals surface area contributed by atoms with Gasteiger partial charge in [-0.2, -0.15) is 5.26 Å². The zero-order chi connectivity index (χ0) is 13.3. The van der Waals surface area contributed by atoms with Gasteiger partial charge in [0.1, 0.15) is 0 Å². The third-order valence-corrected chi connectivity index (χ3v) is 3.95. The molecule has 0 aromatic heterocycles. The van der Waals surface area contributed by atoms with Crippen molar-refractivity contribution in [3.63, 3.8) is 0 Å². The van der Waals surface area contributed by atoms with Gasteiger partial charge in [-0.25, -0.2) is 0 Å². The molecular weight excluding hydrogens is 226 g/mol. The molecule has 1 saturated heterocycles. The van der Waals surface area contributed by atoms with E-state index in [1.54, 1.807) is 0 Å². The molecular formula is C14H23N3O. The van der Waals surface area contributed by atoms with Gasteiger partial charge in [0.15, 0.2) is 6.35 Å². The predicted octanol–water partition coefficient (Wildman–Crippen LogP) is 1.40. The SMILES string of the molecule is CC(C)(C)C1=CCN(C(O)N2CC(C#N)C2)CC1. The van der Waals surface area contributed by atoms with Crippen molar-refractivity contribution in [3.05, 3.63) is 11.6 Å². The van der Waals surface area contributed by atoms with Crippen molar-refractivity contribution in [2.75, 3.05) is 26.2 Å². The number of aliphatic hydroxyl groups excluding tert-OH is 1. The summed E-state index contributed by atoms with van der Waals surface area (Å²) in [6.07, 6.45) is 2.75. The van der Waals surface area contributed by atoms with E-state index >= 15 is 0 Å². The minimum absolute atomic E-state index is 0.102. The van der Waals surface area contributed by atoms with Crippen LogP contribution in [0.2, 0.25) is 0 Å². The fourth-order valence-electron chi connectivity index (χ4n) is 2.59. The first-order valence-electron chi connectivity index (χ1n) is 6.67. The van der Waals surface area contributed by atoms with E-state index < -0.39 is 6.35 Å². The van der Waals surface area contributed by atoms with Crippen LogP contribution < -0.4 is 0 Å². The minimum Gasteiger partial charge on any atom is -0.365 e. The Morgan fingerprint density at radius 1 is 1.39 bits per heavy atom. The zero-order valence-electron chi connectivity index (χ0n) is 11.6. The van der Waals surface area contributed by atoms with Gasteiger partial charge in [0, 0.05) is 26.2 Å². The van der Waals surface area contributed by atoms with E-state index in [4.69, 9.17) is 5.26 Å². The maximum Gasteiger partial charge on any atom is 0.165 e. The fourth-order valence-corrected chi connectivity index (χ4v) is 2.59. The smallest absolute Gasteiger partial charge is 0.165 e. The van der Waals surface area contributed by atoms with Crippen molar-refractivity contribution in [1.82, 2.24) is 9.80 Å². The van der Waals surface area contributed by atoms with Gasteiger partial charge in [-0.3, -0.25) is 9.80 Å². The van der Waals surface area contributed by atoms with Gasteiger partial charge < -0.3 is 5.11 Å². The summed E-state index contributed by atoms with van der Waals surface area (Å²) in [5.41, 5.74) is 1.71. The van der Waals surface area contributed by atoms with E-state index in [0.717, 1.165) is 19.5 Å². The number of nitrogens with zero attached hydrogens (tertiary/aromatic N) is 3. The molecule has 4 heteroatoms. The molecule has 100 valence electrons. The molecule has 2 aliphatic heterocycles. The van der Waals surface area contributed by atoms with Crippen LogP contribution in [0, 0.1) is 22.7 Å². The highest BCUT2D eigenvalue weighted by Crippen LogP contribution is 2.31. The number of likely N-dealkylation sites (tertiary alicyclic amines) is 1. The first-order valence-corrected chi connectivity index (χ1v) is 6.67. The van der Waals surface area contributed by atoms with Gasteiger partial charge in [-0.05, 0) is 11.8 Å². The Hall–Kier alpha value is -0.890. The van der Waals surface area contributed by atoms with E-state index in [2.05, 4.69) is 37.8 Å². The van der Waals surface area contributed by atoms with Gasteiger partial charge >= 0.3 is 0 Å².